The molecule has 0 saturated carbocycles. The zero-order valence-corrected chi connectivity index (χ0v) is 27.0. The van der Waals surface area contributed by atoms with Gasteiger partial charge in [0.1, 0.15) is 21.9 Å². The van der Waals surface area contributed by atoms with Crippen LogP contribution in [-0.4, -0.2) is 73.5 Å². The molecule has 3 rings (SSSR count). The lowest BCUT2D eigenvalue weighted by Crippen LogP contribution is -2.57. The molecule has 2 aromatic carbocycles. The van der Waals surface area contributed by atoms with Gasteiger partial charge in [-0.3, -0.25) is 28.9 Å². The van der Waals surface area contributed by atoms with Gasteiger partial charge in [-0.2, -0.15) is 0 Å². The number of hydrogen-bond donors (Lipinski definition) is 3. The Morgan fingerprint density at radius 1 is 0.933 bits per heavy atom. The van der Waals surface area contributed by atoms with Crippen LogP contribution in [0.15, 0.2) is 60.2 Å². The van der Waals surface area contributed by atoms with E-state index in [1.54, 1.807) is 24.3 Å². The molecule has 0 heterocycles. The number of sulfone groups is 1. The van der Waals surface area contributed by atoms with E-state index in [0.29, 0.717) is 24.8 Å². The van der Waals surface area contributed by atoms with Crippen molar-refractivity contribution in [3.8, 4) is 0 Å². The van der Waals surface area contributed by atoms with Crippen molar-refractivity contribution in [1.29, 1.82) is 0 Å². The fourth-order valence-electron chi connectivity index (χ4n) is 5.01. The van der Waals surface area contributed by atoms with Gasteiger partial charge >= 0.3 is 11.8 Å². The Morgan fingerprint density at radius 3 is 2.24 bits per heavy atom. The van der Waals surface area contributed by atoms with Gasteiger partial charge in [-0.1, -0.05) is 74.4 Å². The average Bonchev–Trinajstić information content (AvgIpc) is 3.35. The molecule has 45 heavy (non-hydrogen) atoms. The molecule has 2 atom stereocenters. The second-order valence-electron chi connectivity index (χ2n) is 11.3. The average molecular weight is 639 g/mol. The van der Waals surface area contributed by atoms with Gasteiger partial charge in [0.15, 0.2) is 0 Å². The first-order chi connectivity index (χ1) is 21.3. The molecule has 5 amide bonds. The Hall–Kier alpha value is -4.32. The number of nitrogens with zero attached hydrogens (tertiary/aromatic N) is 1. The van der Waals surface area contributed by atoms with E-state index in [9.17, 15) is 32.4 Å². The normalized spacial score (nSPS) is 13.8. The molecule has 0 fully saturated rings. The summed E-state index contributed by atoms with van der Waals surface area (Å²) in [5.74, 6) is -4.62. The van der Waals surface area contributed by atoms with Crippen molar-refractivity contribution in [3.63, 3.8) is 0 Å². The van der Waals surface area contributed by atoms with E-state index in [2.05, 4.69) is 16.0 Å². The van der Waals surface area contributed by atoms with E-state index in [0.717, 1.165) is 39.8 Å². The molecule has 11 nitrogen and oxygen atoms in total. The molecule has 1 aliphatic carbocycles. The number of fused-ring (bicyclic) bond motifs is 1. The Bertz CT molecular complexity index is 1550. The minimum Gasteiger partial charge on any atom is -0.344 e. The second kappa shape index (κ2) is 16.1. The van der Waals surface area contributed by atoms with E-state index >= 15 is 0 Å². The third kappa shape index (κ3) is 10.1. The number of hydrogen-bond acceptors (Lipinski definition) is 7. The summed E-state index contributed by atoms with van der Waals surface area (Å²) in [4.78, 5) is 67.0. The standard InChI is InChI=1S/C33H42N4O7S/c1-5-6-12-18-37(33(42)31(40)34-21-24-13-8-7-9-14-24)32(41)28(17-19-45(4,43)44)36-29(38)23(3)35-30(39)27-20-25-15-10-11-16-26(25)22(27)2/h7-11,13-16,23,28H,5-6,12,17-21H2,1-4H3,(H,34,40)(H,35,39)(H,36,38)/t23-,28-/m0/s1. The molecular formula is C33H42N4O7S. The van der Waals surface area contributed by atoms with Gasteiger partial charge in [0.2, 0.25) is 11.8 Å². The summed E-state index contributed by atoms with van der Waals surface area (Å²) >= 11 is 0. The number of benzene rings is 2. The topological polar surface area (TPSA) is 159 Å². The lowest BCUT2D eigenvalue weighted by molar-refractivity contribution is -0.154. The van der Waals surface area contributed by atoms with Crippen molar-refractivity contribution in [2.75, 3.05) is 18.6 Å². The van der Waals surface area contributed by atoms with E-state index in [1.165, 1.54) is 6.92 Å². The predicted molar refractivity (Wildman–Crippen MR) is 171 cm³/mol. The van der Waals surface area contributed by atoms with Crippen molar-refractivity contribution < 1.29 is 32.4 Å². The van der Waals surface area contributed by atoms with Gasteiger partial charge in [0.25, 0.3) is 5.91 Å². The molecular weight excluding hydrogens is 596 g/mol. The molecule has 0 saturated heterocycles. The first-order valence-electron chi connectivity index (χ1n) is 15.1. The number of imide groups is 1. The molecule has 0 aromatic heterocycles. The third-order valence-electron chi connectivity index (χ3n) is 7.63. The van der Waals surface area contributed by atoms with E-state index in [1.807, 2.05) is 44.2 Å². The van der Waals surface area contributed by atoms with Gasteiger partial charge in [0.05, 0.1) is 5.75 Å². The number of rotatable bonds is 14. The van der Waals surface area contributed by atoms with E-state index in [-0.39, 0.29) is 19.5 Å². The van der Waals surface area contributed by atoms with Crippen LogP contribution in [0.25, 0.3) is 5.57 Å². The number of carbonyl (C=O) groups is 5. The Morgan fingerprint density at radius 2 is 1.60 bits per heavy atom. The van der Waals surface area contributed by atoms with Crippen LogP contribution >= 0.6 is 0 Å². The summed E-state index contributed by atoms with van der Waals surface area (Å²) in [6.07, 6.45) is 2.95. The first-order valence-corrected chi connectivity index (χ1v) is 17.1. The molecule has 0 spiro atoms. The van der Waals surface area contributed by atoms with Crippen molar-refractivity contribution in [1.82, 2.24) is 20.9 Å². The van der Waals surface area contributed by atoms with Gasteiger partial charge < -0.3 is 16.0 Å². The Balaban J connectivity index is 1.75. The smallest absolute Gasteiger partial charge is 0.318 e. The first kappa shape index (κ1) is 35.2. The predicted octanol–water partition coefficient (Wildman–Crippen LogP) is 2.30. The molecule has 0 bridgehead atoms. The van der Waals surface area contributed by atoms with Gasteiger partial charge in [-0.25, -0.2) is 8.42 Å². The minimum atomic E-state index is -3.56. The van der Waals surface area contributed by atoms with Crippen LogP contribution in [0, 0.1) is 0 Å². The molecule has 2 aromatic rings. The van der Waals surface area contributed by atoms with Crippen molar-refractivity contribution in [3.05, 3.63) is 76.9 Å². The van der Waals surface area contributed by atoms with Crippen molar-refractivity contribution in [2.24, 2.45) is 0 Å². The highest BCUT2D eigenvalue weighted by molar-refractivity contribution is 7.90. The van der Waals surface area contributed by atoms with Gasteiger partial charge in [-0.15, -0.1) is 0 Å². The highest BCUT2D eigenvalue weighted by Gasteiger charge is 2.34. The number of allylic oxidation sites excluding steroid dienone is 1. The minimum absolute atomic E-state index is 0.0643. The van der Waals surface area contributed by atoms with Crippen LogP contribution in [0.1, 0.15) is 63.1 Å². The van der Waals surface area contributed by atoms with Crippen molar-refractivity contribution >= 4 is 44.9 Å². The number of amides is 5. The zero-order chi connectivity index (χ0) is 33.1. The zero-order valence-electron chi connectivity index (χ0n) is 26.2. The quantitative estimate of drug-likeness (QED) is 0.212. The molecule has 12 heteroatoms. The number of unbranched alkanes of at least 4 members (excludes halogenated alkanes) is 2. The summed E-state index contributed by atoms with van der Waals surface area (Å²) in [7, 11) is -3.56. The monoisotopic (exact) mass is 638 g/mol. The van der Waals surface area contributed by atoms with Crippen LogP contribution in [0.2, 0.25) is 0 Å². The van der Waals surface area contributed by atoms with Crippen LogP contribution in [0.5, 0.6) is 0 Å². The second-order valence-corrected chi connectivity index (χ2v) is 13.5. The van der Waals surface area contributed by atoms with Crippen LogP contribution in [0.4, 0.5) is 0 Å². The fourth-order valence-corrected chi connectivity index (χ4v) is 5.67. The summed E-state index contributed by atoms with van der Waals surface area (Å²) in [6.45, 7) is 5.20. The summed E-state index contributed by atoms with van der Waals surface area (Å²) in [5.41, 5.74) is 4.05. The molecule has 3 N–H and O–H groups in total. The van der Waals surface area contributed by atoms with Crippen LogP contribution in [0.3, 0.4) is 0 Å². The fraction of sp³-hybridized carbons (Fsp3) is 0.424. The number of nitrogens with one attached hydrogen (secondary N) is 3. The maximum atomic E-state index is 13.8. The molecule has 0 aliphatic heterocycles. The van der Waals surface area contributed by atoms with Crippen molar-refractivity contribution in [2.45, 2.75) is 71.5 Å². The highest BCUT2D eigenvalue weighted by Crippen LogP contribution is 2.32. The molecule has 242 valence electrons. The van der Waals surface area contributed by atoms with E-state index in [4.69, 9.17) is 0 Å². The van der Waals surface area contributed by atoms with Gasteiger partial charge in [-0.05, 0) is 49.0 Å². The Labute approximate surface area is 264 Å². The Kier molecular flexibility index (Phi) is 12.6. The molecule has 0 unspecified atom stereocenters. The maximum Gasteiger partial charge on any atom is 0.318 e. The van der Waals surface area contributed by atoms with Crippen LogP contribution in [-0.2, 0) is 46.8 Å². The lowest BCUT2D eigenvalue weighted by atomic mass is 10.1. The highest BCUT2D eigenvalue weighted by atomic mass is 32.2. The molecule has 1 aliphatic rings. The third-order valence-corrected chi connectivity index (χ3v) is 8.61. The van der Waals surface area contributed by atoms with Gasteiger partial charge in [0, 0.05) is 31.3 Å². The maximum absolute atomic E-state index is 13.8. The molecule has 0 radical (unpaired) electrons. The largest absolute Gasteiger partial charge is 0.344 e. The number of carbonyl (C=O) groups excluding carboxylic acids is 5. The summed E-state index contributed by atoms with van der Waals surface area (Å²) in [5, 5.41) is 7.71. The summed E-state index contributed by atoms with van der Waals surface area (Å²) < 4.78 is 24.0. The lowest BCUT2D eigenvalue weighted by Gasteiger charge is -2.27. The SMILES string of the molecule is CCCCCN(C(=O)C(=O)NCc1ccccc1)C(=O)[C@H](CCS(C)(=O)=O)NC(=O)[C@H](C)NC(=O)C1=C(C)c2ccccc2C1. The van der Waals surface area contributed by atoms with Crippen LogP contribution < -0.4 is 16.0 Å². The summed E-state index contributed by atoms with van der Waals surface area (Å²) in [6, 6.07) is 14.0. The van der Waals surface area contributed by atoms with E-state index < -0.39 is 57.2 Å².